The van der Waals surface area contributed by atoms with Gasteiger partial charge in [0.25, 0.3) is 0 Å². The first-order valence-corrected chi connectivity index (χ1v) is 8.23. The lowest BCUT2D eigenvalue weighted by molar-refractivity contribution is -0.141. The van der Waals surface area contributed by atoms with Crippen LogP contribution < -0.4 is 0 Å². The van der Waals surface area contributed by atoms with Gasteiger partial charge >= 0.3 is 5.97 Å². The normalized spacial score (nSPS) is 20.3. The minimum absolute atomic E-state index is 0.0592. The molecule has 24 heavy (non-hydrogen) atoms. The van der Waals surface area contributed by atoms with Gasteiger partial charge in [-0.1, -0.05) is 39.5 Å². The summed E-state index contributed by atoms with van der Waals surface area (Å²) in [7, 11) is 1.21. The Bertz CT molecular complexity index is 570. The summed E-state index contributed by atoms with van der Waals surface area (Å²) in [4.78, 5) is 26.0. The summed E-state index contributed by atoms with van der Waals surface area (Å²) in [6, 6.07) is 0. The fourth-order valence-corrected chi connectivity index (χ4v) is 2.96. The number of methoxy groups -OCH3 is 1. The number of amides is 1. The standard InChI is InChI=1S/C19H28FNO3/c1-7-14(16(20)15(8-2)17(22)24-6)13-10-9-11-21(12-13)18(23)19(3,4)5/h7-8,13H,2,9-12H2,1,3-6H3/b14-7-,16-15-. The van der Waals surface area contributed by atoms with Crippen LogP contribution in [0.3, 0.4) is 0 Å². The van der Waals surface area contributed by atoms with Gasteiger partial charge < -0.3 is 9.64 Å². The fourth-order valence-electron chi connectivity index (χ4n) is 2.96. The second kappa shape index (κ2) is 8.27. The van der Waals surface area contributed by atoms with E-state index in [0.717, 1.165) is 12.8 Å². The zero-order chi connectivity index (χ0) is 18.5. The number of esters is 1. The van der Waals surface area contributed by atoms with Crippen LogP contribution in [0.5, 0.6) is 0 Å². The average Bonchev–Trinajstić information content (AvgIpc) is 2.54. The number of hydrogen-bond acceptors (Lipinski definition) is 3. The van der Waals surface area contributed by atoms with Crippen LogP contribution in [0.2, 0.25) is 0 Å². The predicted octanol–water partition coefficient (Wildman–Crippen LogP) is 3.80. The minimum Gasteiger partial charge on any atom is -0.465 e. The summed E-state index contributed by atoms with van der Waals surface area (Å²) in [5, 5.41) is 0. The van der Waals surface area contributed by atoms with E-state index in [4.69, 9.17) is 0 Å². The average molecular weight is 337 g/mol. The summed E-state index contributed by atoms with van der Waals surface area (Å²) in [6.45, 7) is 12.0. The molecule has 1 atom stereocenters. The number of carbonyl (C=O) groups excluding carboxylic acids is 2. The van der Waals surface area contributed by atoms with Crippen molar-refractivity contribution in [2.75, 3.05) is 20.2 Å². The molecule has 1 saturated heterocycles. The summed E-state index contributed by atoms with van der Waals surface area (Å²) in [6.07, 6.45) is 4.41. The number of rotatable bonds is 4. The zero-order valence-electron chi connectivity index (χ0n) is 15.3. The molecule has 1 rings (SSSR count). The molecule has 0 bridgehead atoms. The molecule has 0 aromatic rings. The highest BCUT2D eigenvalue weighted by Crippen LogP contribution is 2.33. The fraction of sp³-hybridized carbons (Fsp3) is 0.579. The maximum absolute atomic E-state index is 14.9. The van der Waals surface area contributed by atoms with Crippen molar-refractivity contribution >= 4 is 11.9 Å². The molecule has 0 saturated carbocycles. The molecular weight excluding hydrogens is 309 g/mol. The van der Waals surface area contributed by atoms with Gasteiger partial charge in [0.2, 0.25) is 5.91 Å². The van der Waals surface area contributed by atoms with Crippen molar-refractivity contribution in [3.8, 4) is 0 Å². The monoisotopic (exact) mass is 337 g/mol. The van der Waals surface area contributed by atoms with Gasteiger partial charge in [-0.05, 0) is 25.3 Å². The van der Waals surface area contributed by atoms with E-state index in [-0.39, 0.29) is 17.4 Å². The van der Waals surface area contributed by atoms with Gasteiger partial charge in [-0.25, -0.2) is 9.18 Å². The van der Waals surface area contributed by atoms with Crippen LogP contribution in [-0.4, -0.2) is 37.0 Å². The zero-order valence-corrected chi connectivity index (χ0v) is 15.3. The Labute approximate surface area is 144 Å². The van der Waals surface area contributed by atoms with Gasteiger partial charge in [0.1, 0.15) is 5.83 Å². The number of piperidine rings is 1. The van der Waals surface area contributed by atoms with Gasteiger partial charge in [0.15, 0.2) is 0 Å². The maximum atomic E-state index is 14.9. The van der Waals surface area contributed by atoms with E-state index >= 15 is 0 Å². The van der Waals surface area contributed by atoms with Gasteiger partial charge in [0.05, 0.1) is 12.7 Å². The Balaban J connectivity index is 3.09. The van der Waals surface area contributed by atoms with E-state index < -0.39 is 17.2 Å². The van der Waals surface area contributed by atoms with Crippen LogP contribution in [0, 0.1) is 11.3 Å². The molecule has 0 radical (unpaired) electrons. The number of ether oxygens (including phenoxy) is 1. The van der Waals surface area contributed by atoms with E-state index in [9.17, 15) is 14.0 Å². The Kier molecular flexibility index (Phi) is 6.93. The molecule has 0 aromatic carbocycles. The molecule has 1 amide bonds. The molecule has 1 aliphatic heterocycles. The van der Waals surface area contributed by atoms with Crippen LogP contribution in [0.25, 0.3) is 0 Å². The number of allylic oxidation sites excluding steroid dienone is 2. The van der Waals surface area contributed by atoms with E-state index in [1.165, 1.54) is 13.2 Å². The van der Waals surface area contributed by atoms with Crippen molar-refractivity contribution in [2.45, 2.75) is 40.5 Å². The molecule has 5 heteroatoms. The second-order valence-electron chi connectivity index (χ2n) is 7.01. The summed E-state index contributed by atoms with van der Waals surface area (Å²) < 4.78 is 19.5. The predicted molar refractivity (Wildman–Crippen MR) is 92.9 cm³/mol. The molecule has 1 fully saturated rings. The van der Waals surface area contributed by atoms with Crippen molar-refractivity contribution in [2.24, 2.45) is 11.3 Å². The molecule has 134 valence electrons. The third-order valence-corrected chi connectivity index (χ3v) is 4.20. The van der Waals surface area contributed by atoms with Crippen molar-refractivity contribution in [3.05, 3.63) is 35.7 Å². The lowest BCUT2D eigenvalue weighted by Crippen LogP contribution is -2.45. The summed E-state index contributed by atoms with van der Waals surface area (Å²) >= 11 is 0. The highest BCUT2D eigenvalue weighted by Gasteiger charge is 2.33. The Morgan fingerprint density at radius 3 is 2.42 bits per heavy atom. The van der Waals surface area contributed by atoms with Crippen molar-refractivity contribution in [1.29, 1.82) is 0 Å². The summed E-state index contributed by atoms with van der Waals surface area (Å²) in [5.41, 5.74) is -0.212. The smallest absolute Gasteiger partial charge is 0.340 e. The highest BCUT2D eigenvalue weighted by atomic mass is 19.1. The first-order chi connectivity index (χ1) is 11.2. The van der Waals surface area contributed by atoms with Crippen LogP contribution in [0.1, 0.15) is 40.5 Å². The maximum Gasteiger partial charge on any atom is 0.340 e. The number of halogens is 1. The Hall–Kier alpha value is -1.91. The number of likely N-dealkylation sites (tertiary alicyclic amines) is 1. The molecule has 4 nitrogen and oxygen atoms in total. The van der Waals surface area contributed by atoms with Gasteiger partial charge in [-0.3, -0.25) is 4.79 Å². The van der Waals surface area contributed by atoms with Crippen LogP contribution >= 0.6 is 0 Å². The van der Waals surface area contributed by atoms with E-state index in [1.54, 1.807) is 17.9 Å². The van der Waals surface area contributed by atoms with Crippen LogP contribution in [0.15, 0.2) is 35.7 Å². The van der Waals surface area contributed by atoms with E-state index in [1.807, 2.05) is 20.8 Å². The molecule has 0 N–H and O–H groups in total. The summed E-state index contributed by atoms with van der Waals surface area (Å²) in [5.74, 6) is -1.45. The van der Waals surface area contributed by atoms with Crippen molar-refractivity contribution < 1.29 is 18.7 Å². The molecule has 0 aromatic heterocycles. The largest absolute Gasteiger partial charge is 0.465 e. The first-order valence-electron chi connectivity index (χ1n) is 8.23. The second-order valence-corrected chi connectivity index (χ2v) is 7.01. The van der Waals surface area contributed by atoms with Crippen molar-refractivity contribution in [3.63, 3.8) is 0 Å². The SMILES string of the molecule is C=C/C(C(=O)OC)=C(F)\C(=C/C)C1CCCN(C(=O)C(C)(C)C)C1. The lowest BCUT2D eigenvalue weighted by Gasteiger charge is -2.37. The third-order valence-electron chi connectivity index (χ3n) is 4.20. The third kappa shape index (κ3) is 4.56. The van der Waals surface area contributed by atoms with Crippen LogP contribution in [0.4, 0.5) is 4.39 Å². The molecule has 1 heterocycles. The molecule has 1 aliphatic rings. The molecule has 0 spiro atoms. The topological polar surface area (TPSA) is 46.6 Å². The Morgan fingerprint density at radius 2 is 1.96 bits per heavy atom. The molecular formula is C19H28FNO3. The van der Waals surface area contributed by atoms with E-state index in [0.29, 0.717) is 18.7 Å². The number of nitrogens with zero attached hydrogens (tertiary/aromatic N) is 1. The molecule has 0 aliphatic carbocycles. The first kappa shape index (κ1) is 20.1. The van der Waals surface area contributed by atoms with Gasteiger partial charge in [0, 0.05) is 24.4 Å². The highest BCUT2D eigenvalue weighted by molar-refractivity contribution is 5.92. The number of carbonyl (C=O) groups is 2. The molecule has 1 unspecified atom stereocenters. The van der Waals surface area contributed by atoms with Gasteiger partial charge in [-0.15, -0.1) is 0 Å². The lowest BCUT2D eigenvalue weighted by atomic mass is 9.86. The quantitative estimate of drug-likeness (QED) is 0.445. The number of hydrogen-bond donors (Lipinski definition) is 0. The van der Waals surface area contributed by atoms with E-state index in [2.05, 4.69) is 11.3 Å². The minimum atomic E-state index is -0.750. The van der Waals surface area contributed by atoms with Crippen LogP contribution in [-0.2, 0) is 14.3 Å². The van der Waals surface area contributed by atoms with Gasteiger partial charge in [-0.2, -0.15) is 0 Å². The Morgan fingerprint density at radius 1 is 1.33 bits per heavy atom. The van der Waals surface area contributed by atoms with Crippen molar-refractivity contribution in [1.82, 2.24) is 4.90 Å².